The Hall–Kier alpha value is -2.15. The third kappa shape index (κ3) is 4.48. The van der Waals surface area contributed by atoms with Gasteiger partial charge in [-0.3, -0.25) is 19.7 Å². The van der Waals surface area contributed by atoms with E-state index >= 15 is 0 Å². The lowest BCUT2D eigenvalue weighted by Crippen LogP contribution is -2.52. The molecule has 2 fully saturated rings. The van der Waals surface area contributed by atoms with Crippen molar-refractivity contribution in [2.45, 2.75) is 38.1 Å². The highest BCUT2D eigenvalue weighted by molar-refractivity contribution is 6.03. The summed E-state index contributed by atoms with van der Waals surface area (Å²) in [6.45, 7) is 1.64. The molecule has 6 nitrogen and oxygen atoms in total. The van der Waals surface area contributed by atoms with Gasteiger partial charge >= 0.3 is 0 Å². The van der Waals surface area contributed by atoms with Crippen molar-refractivity contribution in [1.82, 2.24) is 10.6 Å². The van der Waals surface area contributed by atoms with Gasteiger partial charge in [-0.25, -0.2) is 4.39 Å². The summed E-state index contributed by atoms with van der Waals surface area (Å²) in [5.74, 6) is -1.83. The number of imide groups is 1. The Morgan fingerprint density at radius 3 is 2.56 bits per heavy atom. The second-order valence-corrected chi connectivity index (χ2v) is 6.19. The first kappa shape index (κ1) is 19.2. The van der Waals surface area contributed by atoms with Gasteiger partial charge in [0.2, 0.25) is 11.8 Å². The van der Waals surface area contributed by atoms with Crippen molar-refractivity contribution in [1.29, 1.82) is 0 Å². The number of benzene rings is 1. The molecule has 1 atom stereocenters. The molecule has 3 amide bonds. The summed E-state index contributed by atoms with van der Waals surface area (Å²) >= 11 is 0. The van der Waals surface area contributed by atoms with E-state index in [0.717, 1.165) is 32.4 Å². The minimum absolute atomic E-state index is 0. The predicted molar refractivity (Wildman–Crippen MR) is 93.3 cm³/mol. The van der Waals surface area contributed by atoms with Crippen molar-refractivity contribution in [2.75, 3.05) is 18.0 Å². The number of anilines is 1. The Balaban J connectivity index is 0.00000225. The normalized spacial score (nSPS) is 20.5. The van der Waals surface area contributed by atoms with Crippen LogP contribution in [0.25, 0.3) is 0 Å². The number of rotatable bonds is 3. The third-order valence-electron chi connectivity index (χ3n) is 4.45. The molecule has 0 saturated carbocycles. The number of carbonyl (C=O) groups is 3. The maximum absolute atomic E-state index is 14.4. The molecule has 8 heteroatoms. The Bertz CT molecular complexity index is 677. The predicted octanol–water partition coefficient (Wildman–Crippen LogP) is 1.77. The summed E-state index contributed by atoms with van der Waals surface area (Å²) in [4.78, 5) is 37.0. The molecule has 2 saturated heterocycles. The highest BCUT2D eigenvalue weighted by Gasteiger charge is 2.28. The molecule has 25 heavy (non-hydrogen) atoms. The summed E-state index contributed by atoms with van der Waals surface area (Å²) in [6.07, 6.45) is 3.67. The van der Waals surface area contributed by atoms with Crippen LogP contribution in [0.5, 0.6) is 0 Å². The van der Waals surface area contributed by atoms with Gasteiger partial charge in [0.1, 0.15) is 11.9 Å². The van der Waals surface area contributed by atoms with Crippen LogP contribution >= 0.6 is 12.4 Å². The molecule has 2 aliphatic heterocycles. The number of nitrogens with one attached hydrogen (secondary N) is 2. The second kappa shape index (κ2) is 8.29. The van der Waals surface area contributed by atoms with Gasteiger partial charge in [0.25, 0.3) is 5.91 Å². The maximum atomic E-state index is 14.4. The van der Waals surface area contributed by atoms with Crippen LogP contribution < -0.4 is 15.5 Å². The van der Waals surface area contributed by atoms with Crippen LogP contribution in [0.1, 0.15) is 42.5 Å². The summed E-state index contributed by atoms with van der Waals surface area (Å²) in [7, 11) is 0. The monoisotopic (exact) mass is 369 g/mol. The highest BCUT2D eigenvalue weighted by Crippen LogP contribution is 2.24. The molecule has 0 aliphatic carbocycles. The maximum Gasteiger partial charge on any atom is 0.252 e. The van der Waals surface area contributed by atoms with Crippen molar-refractivity contribution in [3.63, 3.8) is 0 Å². The molecule has 0 aromatic heterocycles. The van der Waals surface area contributed by atoms with E-state index in [9.17, 15) is 18.8 Å². The van der Waals surface area contributed by atoms with Crippen molar-refractivity contribution in [3.05, 3.63) is 29.6 Å². The molecule has 2 aliphatic rings. The number of amides is 3. The van der Waals surface area contributed by atoms with E-state index in [1.165, 1.54) is 6.07 Å². The lowest BCUT2D eigenvalue weighted by Gasteiger charge is -2.29. The highest BCUT2D eigenvalue weighted by atomic mass is 35.5. The van der Waals surface area contributed by atoms with Crippen molar-refractivity contribution in [2.24, 2.45) is 0 Å². The minimum atomic E-state index is -0.764. The van der Waals surface area contributed by atoms with Gasteiger partial charge in [-0.1, -0.05) is 0 Å². The van der Waals surface area contributed by atoms with Gasteiger partial charge < -0.3 is 10.2 Å². The topological polar surface area (TPSA) is 78.5 Å². The van der Waals surface area contributed by atoms with Gasteiger partial charge in [-0.2, -0.15) is 0 Å². The average molecular weight is 370 g/mol. The molecule has 1 aromatic carbocycles. The van der Waals surface area contributed by atoms with Gasteiger partial charge in [0.05, 0.1) is 5.69 Å². The Kier molecular flexibility index (Phi) is 6.36. The average Bonchev–Trinajstić information content (AvgIpc) is 2.58. The molecular formula is C17H21ClFN3O3. The van der Waals surface area contributed by atoms with Crippen LogP contribution in [0.15, 0.2) is 18.2 Å². The number of piperidine rings is 2. The first-order valence-corrected chi connectivity index (χ1v) is 8.23. The lowest BCUT2D eigenvalue weighted by molar-refractivity contribution is -0.134. The molecular weight excluding hydrogens is 349 g/mol. The zero-order valence-corrected chi connectivity index (χ0v) is 14.5. The third-order valence-corrected chi connectivity index (χ3v) is 4.45. The number of hydrogen-bond acceptors (Lipinski definition) is 4. The van der Waals surface area contributed by atoms with Crippen molar-refractivity contribution in [3.8, 4) is 0 Å². The number of halogens is 2. The Labute approximate surface area is 151 Å². The lowest BCUT2D eigenvalue weighted by atomic mass is 10.0. The van der Waals surface area contributed by atoms with E-state index in [4.69, 9.17) is 0 Å². The second-order valence-electron chi connectivity index (χ2n) is 6.19. The molecule has 0 bridgehead atoms. The zero-order valence-electron chi connectivity index (χ0n) is 13.7. The Morgan fingerprint density at radius 1 is 1.20 bits per heavy atom. The van der Waals surface area contributed by atoms with Gasteiger partial charge in [-0.15, -0.1) is 12.4 Å². The molecule has 1 aromatic rings. The number of carbonyl (C=O) groups excluding carboxylic acids is 3. The largest absolute Gasteiger partial charge is 0.369 e. The van der Waals surface area contributed by atoms with Crippen LogP contribution in [0.4, 0.5) is 10.1 Å². The minimum Gasteiger partial charge on any atom is -0.369 e. The van der Waals surface area contributed by atoms with Gasteiger partial charge in [0.15, 0.2) is 0 Å². The standard InChI is InChI=1S/C17H20FN3O3.ClH/c18-12-10-11(4-6-14(12)21-8-2-1-3-9-21)16(23)19-13-5-7-15(22)20-17(13)24;/h4,6,10,13H,1-3,5,7-9H2,(H,19,23)(H,20,22,24);1H/t13-;/m0./s1. The fraction of sp³-hybridized carbons (Fsp3) is 0.471. The smallest absolute Gasteiger partial charge is 0.252 e. The van der Waals surface area contributed by atoms with E-state index in [-0.39, 0.29) is 36.7 Å². The molecule has 2 heterocycles. The van der Waals surface area contributed by atoms with Gasteiger partial charge in [0, 0.05) is 25.1 Å². The fourth-order valence-electron chi connectivity index (χ4n) is 3.11. The van der Waals surface area contributed by atoms with Crippen LogP contribution in [-0.4, -0.2) is 36.9 Å². The molecule has 136 valence electrons. The van der Waals surface area contributed by atoms with Crippen LogP contribution in [0, 0.1) is 5.82 Å². The molecule has 2 N–H and O–H groups in total. The summed E-state index contributed by atoms with van der Waals surface area (Å²) in [5, 5.41) is 4.72. The van der Waals surface area contributed by atoms with E-state index in [1.54, 1.807) is 12.1 Å². The molecule has 0 radical (unpaired) electrons. The first-order valence-electron chi connectivity index (χ1n) is 8.23. The van der Waals surface area contributed by atoms with E-state index < -0.39 is 23.7 Å². The van der Waals surface area contributed by atoms with Crippen LogP contribution in [0.3, 0.4) is 0 Å². The van der Waals surface area contributed by atoms with E-state index in [0.29, 0.717) is 5.69 Å². The van der Waals surface area contributed by atoms with Crippen molar-refractivity contribution < 1.29 is 18.8 Å². The summed E-state index contributed by atoms with van der Waals surface area (Å²) < 4.78 is 14.4. The Morgan fingerprint density at radius 2 is 1.92 bits per heavy atom. The van der Waals surface area contributed by atoms with Crippen LogP contribution in [-0.2, 0) is 9.59 Å². The van der Waals surface area contributed by atoms with Gasteiger partial charge in [-0.05, 0) is 43.9 Å². The number of nitrogens with zero attached hydrogens (tertiary/aromatic N) is 1. The number of hydrogen-bond donors (Lipinski definition) is 2. The van der Waals surface area contributed by atoms with E-state index in [1.807, 2.05) is 4.90 Å². The summed E-state index contributed by atoms with van der Waals surface area (Å²) in [5.41, 5.74) is 0.671. The summed E-state index contributed by atoms with van der Waals surface area (Å²) in [6, 6.07) is 3.61. The quantitative estimate of drug-likeness (QED) is 0.796. The molecule has 0 unspecified atom stereocenters. The molecule has 0 spiro atoms. The van der Waals surface area contributed by atoms with E-state index in [2.05, 4.69) is 10.6 Å². The molecule has 3 rings (SSSR count). The first-order chi connectivity index (χ1) is 11.5. The fourth-order valence-corrected chi connectivity index (χ4v) is 3.11. The SMILES string of the molecule is Cl.O=C1CC[C@H](NC(=O)c2ccc(N3CCCCC3)c(F)c2)C(=O)N1. The zero-order chi connectivity index (χ0) is 17.1. The van der Waals surface area contributed by atoms with Crippen LogP contribution in [0.2, 0.25) is 0 Å². The van der Waals surface area contributed by atoms with Crippen molar-refractivity contribution >= 4 is 35.8 Å².